The smallest absolute Gasteiger partial charge is 0.220 e. The molecule has 6 unspecified atom stereocenters. The third kappa shape index (κ3) is 18.6. The van der Waals surface area contributed by atoms with Gasteiger partial charge in [-0.25, -0.2) is 0 Å². The van der Waals surface area contributed by atoms with Gasteiger partial charge in [0.2, 0.25) is 11.8 Å². The lowest BCUT2D eigenvalue weighted by molar-refractivity contribution is -0.297. The maximum absolute atomic E-state index is 12.7. The van der Waals surface area contributed by atoms with Crippen molar-refractivity contribution < 1.29 is 44.6 Å². The molecule has 0 saturated carbocycles. The molecule has 1 aliphatic heterocycles. The Labute approximate surface area is 271 Å². The van der Waals surface area contributed by atoms with Gasteiger partial charge in [-0.1, -0.05) is 117 Å². The summed E-state index contributed by atoms with van der Waals surface area (Å²) >= 11 is 0. The highest BCUT2D eigenvalue weighted by Crippen LogP contribution is 2.23. The number of unbranched alkanes of at least 4 members (excludes halogenated alkanes) is 15. The van der Waals surface area contributed by atoms with E-state index in [1.54, 1.807) is 0 Å². The van der Waals surface area contributed by atoms with Crippen LogP contribution in [0.2, 0.25) is 0 Å². The van der Waals surface area contributed by atoms with Gasteiger partial charge in [0, 0.05) is 19.9 Å². The van der Waals surface area contributed by atoms with Crippen molar-refractivity contribution in [3.8, 4) is 0 Å². The van der Waals surface area contributed by atoms with Crippen LogP contribution >= 0.6 is 0 Å². The fraction of sp³-hybridized carbons (Fsp3) is 0.941. The molecule has 266 valence electrons. The van der Waals surface area contributed by atoms with Crippen LogP contribution in [-0.4, -0.2) is 99.5 Å². The topological polar surface area (TPSA) is 178 Å². The number of aliphatic hydroxyl groups is 5. The molecule has 1 fully saturated rings. The number of aliphatic hydroxyl groups excluding tert-OH is 5. The van der Waals surface area contributed by atoms with E-state index < -0.39 is 49.0 Å². The van der Waals surface area contributed by atoms with E-state index in [2.05, 4.69) is 24.5 Å². The zero-order valence-electron chi connectivity index (χ0n) is 28.3. The normalized spacial score (nSPS) is 23.8. The van der Waals surface area contributed by atoms with Crippen molar-refractivity contribution >= 4 is 11.8 Å². The highest BCUT2D eigenvalue weighted by atomic mass is 16.7. The van der Waals surface area contributed by atoms with E-state index in [1.807, 2.05) is 0 Å². The molecule has 0 aliphatic carbocycles. The molecule has 11 heteroatoms. The predicted octanol–water partition coefficient (Wildman–Crippen LogP) is 3.61. The average Bonchev–Trinajstić information content (AvgIpc) is 3.02. The van der Waals surface area contributed by atoms with Crippen molar-refractivity contribution in [1.82, 2.24) is 10.6 Å². The van der Waals surface area contributed by atoms with Crippen LogP contribution in [0.3, 0.4) is 0 Å². The molecule has 0 aromatic carbocycles. The molecule has 0 aromatic rings. The molecule has 1 saturated heterocycles. The highest BCUT2D eigenvalue weighted by molar-refractivity contribution is 5.76. The maximum atomic E-state index is 12.7. The molecular weight excluding hydrogens is 580 g/mol. The fourth-order valence-electron chi connectivity index (χ4n) is 5.69. The Kier molecular flexibility index (Phi) is 23.8. The molecule has 11 nitrogen and oxygen atoms in total. The van der Waals surface area contributed by atoms with Crippen molar-refractivity contribution in [3.63, 3.8) is 0 Å². The van der Waals surface area contributed by atoms with E-state index in [-0.39, 0.29) is 31.4 Å². The van der Waals surface area contributed by atoms with Crippen molar-refractivity contribution in [2.24, 2.45) is 0 Å². The third-order valence-electron chi connectivity index (χ3n) is 8.67. The van der Waals surface area contributed by atoms with Crippen molar-refractivity contribution in [1.29, 1.82) is 0 Å². The van der Waals surface area contributed by atoms with Gasteiger partial charge in [0.25, 0.3) is 0 Å². The van der Waals surface area contributed by atoms with Crippen LogP contribution in [-0.2, 0) is 19.1 Å². The first-order chi connectivity index (χ1) is 21.6. The highest BCUT2D eigenvalue weighted by Gasteiger charge is 2.44. The van der Waals surface area contributed by atoms with E-state index in [9.17, 15) is 35.1 Å². The second-order valence-electron chi connectivity index (χ2n) is 12.9. The Morgan fingerprint density at radius 1 is 0.733 bits per heavy atom. The number of rotatable bonds is 27. The molecule has 1 aliphatic rings. The molecule has 8 atom stereocenters. The fourth-order valence-corrected chi connectivity index (χ4v) is 5.69. The van der Waals surface area contributed by atoms with E-state index in [0.29, 0.717) is 12.8 Å². The van der Waals surface area contributed by atoms with Crippen LogP contribution in [0.1, 0.15) is 143 Å². The minimum absolute atomic E-state index is 0.112. The van der Waals surface area contributed by atoms with Gasteiger partial charge in [-0.05, 0) is 12.8 Å². The minimum Gasteiger partial charge on any atom is -0.390 e. The predicted molar refractivity (Wildman–Crippen MR) is 174 cm³/mol. The Bertz CT molecular complexity index is 759. The molecule has 0 bridgehead atoms. The Hall–Kier alpha value is -1.34. The lowest BCUT2D eigenvalue weighted by atomic mass is 9.98. The number of ether oxygens (including phenoxy) is 2. The van der Waals surface area contributed by atoms with Crippen LogP contribution in [0, 0.1) is 0 Å². The van der Waals surface area contributed by atoms with Crippen LogP contribution in [0.15, 0.2) is 0 Å². The van der Waals surface area contributed by atoms with Crippen LogP contribution in [0.25, 0.3) is 0 Å². The maximum Gasteiger partial charge on any atom is 0.220 e. The Balaban J connectivity index is 2.61. The van der Waals surface area contributed by atoms with E-state index in [1.165, 1.54) is 58.3 Å². The van der Waals surface area contributed by atoms with E-state index in [4.69, 9.17) is 9.47 Å². The van der Waals surface area contributed by atoms with Gasteiger partial charge < -0.3 is 45.6 Å². The number of carbonyl (C=O) groups excluding carboxylic acids is 2. The summed E-state index contributed by atoms with van der Waals surface area (Å²) < 4.78 is 11.3. The largest absolute Gasteiger partial charge is 0.390 e. The average molecular weight is 647 g/mol. The summed E-state index contributed by atoms with van der Waals surface area (Å²) in [6.45, 7) is 5.23. The first kappa shape index (κ1) is 41.7. The van der Waals surface area contributed by atoms with Crippen LogP contribution in [0.4, 0.5) is 0 Å². The van der Waals surface area contributed by atoms with Crippen molar-refractivity contribution in [2.75, 3.05) is 13.2 Å². The van der Waals surface area contributed by atoms with Gasteiger partial charge in [0.1, 0.15) is 30.5 Å². The van der Waals surface area contributed by atoms with Crippen molar-refractivity contribution in [3.05, 3.63) is 0 Å². The molecule has 2 amide bonds. The second kappa shape index (κ2) is 25.7. The van der Waals surface area contributed by atoms with E-state index >= 15 is 0 Å². The SMILES string of the molecule is CCCCCCCCCCCCCC[C@@H](O)C(O)[C@H](COC1OC(CNC(C)=O)C(O)C(O)C1O)NC(=O)CCCCCCC. The van der Waals surface area contributed by atoms with E-state index in [0.717, 1.165) is 51.4 Å². The second-order valence-corrected chi connectivity index (χ2v) is 12.9. The summed E-state index contributed by atoms with van der Waals surface area (Å²) in [5.74, 6) is -0.632. The van der Waals surface area contributed by atoms with Crippen LogP contribution in [0.5, 0.6) is 0 Å². The molecule has 0 radical (unpaired) electrons. The van der Waals surface area contributed by atoms with Crippen molar-refractivity contribution in [2.45, 2.75) is 192 Å². The van der Waals surface area contributed by atoms with Gasteiger partial charge in [-0.2, -0.15) is 0 Å². The molecule has 45 heavy (non-hydrogen) atoms. The number of nitrogens with one attached hydrogen (secondary N) is 2. The number of hydrogen-bond donors (Lipinski definition) is 7. The standard InChI is InChI=1S/C34H66N2O9/c1-4-6-8-10-11-12-13-14-15-16-18-19-21-27(38)30(40)26(36-29(39)22-20-17-9-7-5-2)24-44-34-33(43)32(42)31(41)28(45-34)23-35-25(3)37/h26-28,30-34,38,40-43H,4-24H2,1-3H3,(H,35,37)(H,36,39)/t26-,27+,28?,30?,31?,32?,33?,34?/m0/s1. The zero-order valence-corrected chi connectivity index (χ0v) is 28.3. The molecular formula is C34H66N2O9. The number of amides is 2. The third-order valence-corrected chi connectivity index (χ3v) is 8.67. The van der Waals surface area contributed by atoms with Gasteiger partial charge >= 0.3 is 0 Å². The van der Waals surface area contributed by atoms with Gasteiger partial charge in [0.15, 0.2) is 6.29 Å². The van der Waals surface area contributed by atoms with Crippen LogP contribution < -0.4 is 10.6 Å². The first-order valence-electron chi connectivity index (χ1n) is 17.8. The zero-order chi connectivity index (χ0) is 33.5. The van der Waals surface area contributed by atoms with Gasteiger partial charge in [-0.15, -0.1) is 0 Å². The minimum atomic E-state index is -1.60. The number of hydrogen-bond acceptors (Lipinski definition) is 9. The summed E-state index contributed by atoms with van der Waals surface area (Å²) in [4.78, 5) is 24.1. The first-order valence-corrected chi connectivity index (χ1v) is 17.8. The summed E-state index contributed by atoms with van der Waals surface area (Å²) in [5, 5.41) is 58.2. The lowest BCUT2D eigenvalue weighted by Crippen LogP contribution is -2.61. The summed E-state index contributed by atoms with van der Waals surface area (Å²) in [6, 6.07) is -0.992. The van der Waals surface area contributed by atoms with Gasteiger partial charge in [0.05, 0.1) is 18.8 Å². The van der Waals surface area contributed by atoms with Gasteiger partial charge in [-0.3, -0.25) is 9.59 Å². The molecule has 1 rings (SSSR count). The quantitative estimate of drug-likeness (QED) is 0.0657. The summed E-state index contributed by atoms with van der Waals surface area (Å²) in [5.41, 5.74) is 0. The molecule has 7 N–H and O–H groups in total. The molecule has 1 heterocycles. The Morgan fingerprint density at radius 3 is 1.78 bits per heavy atom. The molecule has 0 spiro atoms. The lowest BCUT2D eigenvalue weighted by Gasteiger charge is -2.41. The monoisotopic (exact) mass is 646 g/mol. The molecule has 0 aromatic heterocycles. The number of carbonyl (C=O) groups is 2. The summed E-state index contributed by atoms with van der Waals surface area (Å²) in [6.07, 6.45) is 10.3. The summed E-state index contributed by atoms with van der Waals surface area (Å²) in [7, 11) is 0. The Morgan fingerprint density at radius 2 is 1.24 bits per heavy atom.